The average Bonchev–Trinajstić information content (AvgIpc) is 2.41. The molecule has 0 rings (SSSR count). The summed E-state index contributed by atoms with van der Waals surface area (Å²) >= 11 is 0. The third kappa shape index (κ3) is 8.54. The smallest absolute Gasteiger partial charge is 0.325 e. The Morgan fingerprint density at radius 1 is 1.05 bits per heavy atom. The quantitative estimate of drug-likeness (QED) is 0.518. The molecular formula is C16H27NO5. The second kappa shape index (κ2) is 9.33. The zero-order chi connectivity index (χ0) is 17.3. The fourth-order valence-corrected chi connectivity index (χ4v) is 1.89. The summed E-state index contributed by atoms with van der Waals surface area (Å²) in [7, 11) is 0. The zero-order valence-corrected chi connectivity index (χ0v) is 14.2. The van der Waals surface area contributed by atoms with Crippen molar-refractivity contribution in [1.82, 2.24) is 5.32 Å². The van der Waals surface area contributed by atoms with Crippen LogP contribution in [0.4, 0.5) is 0 Å². The monoisotopic (exact) mass is 313 g/mol. The van der Waals surface area contributed by atoms with Crippen molar-refractivity contribution in [3.63, 3.8) is 0 Å². The highest BCUT2D eigenvalue weighted by Gasteiger charge is 2.25. The number of hydrogen-bond acceptors (Lipinski definition) is 5. The van der Waals surface area contributed by atoms with Crippen molar-refractivity contribution >= 4 is 23.4 Å². The van der Waals surface area contributed by atoms with Gasteiger partial charge in [-0.25, -0.2) is 0 Å². The molecule has 0 saturated carbocycles. The lowest BCUT2D eigenvalue weighted by molar-refractivity contribution is -0.154. The van der Waals surface area contributed by atoms with Crippen LogP contribution in [0, 0.1) is 5.92 Å². The average molecular weight is 313 g/mol. The molecule has 1 N–H and O–H groups in total. The minimum Gasteiger partial charge on any atom is -0.459 e. The van der Waals surface area contributed by atoms with Crippen LogP contribution in [0.2, 0.25) is 0 Å². The van der Waals surface area contributed by atoms with Crippen molar-refractivity contribution in [2.24, 2.45) is 5.92 Å². The first-order valence-corrected chi connectivity index (χ1v) is 7.66. The van der Waals surface area contributed by atoms with Gasteiger partial charge < -0.3 is 10.1 Å². The summed E-state index contributed by atoms with van der Waals surface area (Å²) in [4.78, 5) is 46.6. The Morgan fingerprint density at radius 2 is 1.64 bits per heavy atom. The Kier molecular flexibility index (Phi) is 8.60. The number of ether oxygens (including phenoxy) is 1. The van der Waals surface area contributed by atoms with Crippen LogP contribution in [0.25, 0.3) is 0 Å². The lowest BCUT2D eigenvalue weighted by Gasteiger charge is -2.20. The van der Waals surface area contributed by atoms with Crippen molar-refractivity contribution in [3.8, 4) is 0 Å². The molecule has 0 bridgehead atoms. The molecule has 126 valence electrons. The first kappa shape index (κ1) is 20.3. The van der Waals surface area contributed by atoms with Crippen LogP contribution in [0.15, 0.2) is 0 Å². The molecule has 0 aromatic heterocycles. The number of esters is 1. The van der Waals surface area contributed by atoms with Crippen LogP contribution < -0.4 is 5.32 Å². The highest BCUT2D eigenvalue weighted by atomic mass is 16.6. The Bertz CT molecular complexity index is 423. The van der Waals surface area contributed by atoms with Gasteiger partial charge in [-0.1, -0.05) is 20.3 Å². The van der Waals surface area contributed by atoms with Gasteiger partial charge in [-0.15, -0.1) is 0 Å². The van der Waals surface area contributed by atoms with E-state index in [2.05, 4.69) is 5.32 Å². The molecule has 0 radical (unpaired) electrons. The Labute approximate surface area is 132 Å². The summed E-state index contributed by atoms with van der Waals surface area (Å²) in [5.74, 6) is -2.53. The molecule has 1 atom stereocenters. The zero-order valence-electron chi connectivity index (χ0n) is 14.2. The molecule has 0 unspecified atom stereocenters. The largest absolute Gasteiger partial charge is 0.459 e. The van der Waals surface area contributed by atoms with E-state index in [0.717, 1.165) is 0 Å². The Morgan fingerprint density at radius 3 is 2.09 bits per heavy atom. The van der Waals surface area contributed by atoms with Gasteiger partial charge in [0.25, 0.3) is 0 Å². The van der Waals surface area contributed by atoms with E-state index in [-0.39, 0.29) is 19.4 Å². The van der Waals surface area contributed by atoms with Crippen LogP contribution in [-0.2, 0) is 23.9 Å². The topological polar surface area (TPSA) is 89.5 Å². The maximum absolute atomic E-state index is 12.1. The van der Waals surface area contributed by atoms with Gasteiger partial charge in [0.2, 0.25) is 5.91 Å². The molecular weight excluding hydrogens is 286 g/mol. The number of hydrogen-bond donors (Lipinski definition) is 1. The third-order valence-corrected chi connectivity index (χ3v) is 2.90. The second-order valence-corrected chi connectivity index (χ2v) is 6.19. The van der Waals surface area contributed by atoms with Crippen LogP contribution >= 0.6 is 0 Å². The van der Waals surface area contributed by atoms with E-state index in [1.807, 2.05) is 6.92 Å². The summed E-state index contributed by atoms with van der Waals surface area (Å²) in [6.07, 6.45) is 1.22. The standard InChI is InChI=1S/C16H27NO5/c1-6-8-11(9-13(19)12(18)7-2)15(21)17-10-14(20)22-16(3,4)5/h11H,6-10H2,1-5H3,(H,17,21)/t11-/m1/s1. The SMILES string of the molecule is CCC[C@H](CC(=O)C(=O)CC)C(=O)NCC(=O)OC(C)(C)C. The van der Waals surface area contributed by atoms with Crippen molar-refractivity contribution in [2.75, 3.05) is 6.54 Å². The predicted octanol–water partition coefficient (Wildman–Crippen LogP) is 1.80. The summed E-state index contributed by atoms with van der Waals surface area (Å²) in [5.41, 5.74) is -0.617. The number of ketones is 2. The summed E-state index contributed by atoms with van der Waals surface area (Å²) in [6, 6.07) is 0. The fraction of sp³-hybridized carbons (Fsp3) is 0.750. The van der Waals surface area contributed by atoms with Gasteiger partial charge in [-0.05, 0) is 27.2 Å². The van der Waals surface area contributed by atoms with Gasteiger partial charge in [0, 0.05) is 18.8 Å². The predicted molar refractivity (Wildman–Crippen MR) is 82.2 cm³/mol. The number of nitrogens with one attached hydrogen (secondary N) is 1. The molecule has 0 heterocycles. The lowest BCUT2D eigenvalue weighted by Crippen LogP contribution is -2.38. The highest BCUT2D eigenvalue weighted by molar-refractivity contribution is 6.37. The minimum atomic E-state index is -0.617. The van der Waals surface area contributed by atoms with Crippen LogP contribution in [0.3, 0.4) is 0 Å². The van der Waals surface area contributed by atoms with E-state index >= 15 is 0 Å². The number of carbonyl (C=O) groups excluding carboxylic acids is 4. The number of amides is 1. The molecule has 0 aliphatic rings. The van der Waals surface area contributed by atoms with Crippen LogP contribution in [0.1, 0.15) is 60.3 Å². The molecule has 0 aliphatic carbocycles. The normalized spacial score (nSPS) is 12.4. The van der Waals surface area contributed by atoms with Gasteiger partial charge in [-0.2, -0.15) is 0 Å². The maximum atomic E-state index is 12.1. The molecule has 1 amide bonds. The molecule has 0 aromatic rings. The van der Waals surface area contributed by atoms with E-state index in [9.17, 15) is 19.2 Å². The Balaban J connectivity index is 4.51. The third-order valence-electron chi connectivity index (χ3n) is 2.90. The van der Waals surface area contributed by atoms with E-state index in [1.165, 1.54) is 0 Å². The number of carbonyl (C=O) groups is 4. The van der Waals surface area contributed by atoms with Crippen LogP contribution in [-0.4, -0.2) is 35.6 Å². The molecule has 6 nitrogen and oxygen atoms in total. The molecule has 0 aliphatic heterocycles. The van der Waals surface area contributed by atoms with Gasteiger partial charge in [-0.3, -0.25) is 19.2 Å². The molecule has 6 heteroatoms. The molecule has 0 spiro atoms. The molecule has 0 fully saturated rings. The van der Waals surface area contributed by atoms with Crippen molar-refractivity contribution < 1.29 is 23.9 Å². The van der Waals surface area contributed by atoms with E-state index in [4.69, 9.17) is 4.74 Å². The summed E-state index contributed by atoms with van der Waals surface area (Å²) < 4.78 is 5.09. The molecule has 22 heavy (non-hydrogen) atoms. The van der Waals surface area contributed by atoms with Gasteiger partial charge in [0.15, 0.2) is 11.6 Å². The van der Waals surface area contributed by atoms with Crippen molar-refractivity contribution in [2.45, 2.75) is 65.9 Å². The van der Waals surface area contributed by atoms with E-state index < -0.39 is 35.0 Å². The first-order valence-electron chi connectivity index (χ1n) is 7.66. The van der Waals surface area contributed by atoms with Crippen molar-refractivity contribution in [3.05, 3.63) is 0 Å². The number of rotatable bonds is 9. The highest BCUT2D eigenvalue weighted by Crippen LogP contribution is 2.13. The minimum absolute atomic E-state index is 0.110. The first-order chi connectivity index (χ1) is 10.1. The fourth-order valence-electron chi connectivity index (χ4n) is 1.89. The maximum Gasteiger partial charge on any atom is 0.325 e. The molecule has 0 saturated heterocycles. The summed E-state index contributed by atoms with van der Waals surface area (Å²) in [5, 5.41) is 2.48. The lowest BCUT2D eigenvalue weighted by atomic mass is 9.94. The van der Waals surface area contributed by atoms with E-state index in [1.54, 1.807) is 27.7 Å². The number of Topliss-reactive ketones (excluding diaryl/α,β-unsaturated/α-hetero) is 2. The summed E-state index contributed by atoms with van der Waals surface area (Å²) in [6.45, 7) is 8.47. The Hall–Kier alpha value is -1.72. The molecule has 0 aromatic carbocycles. The van der Waals surface area contributed by atoms with Gasteiger partial charge >= 0.3 is 5.97 Å². The van der Waals surface area contributed by atoms with E-state index in [0.29, 0.717) is 12.8 Å². The van der Waals surface area contributed by atoms with Crippen LogP contribution in [0.5, 0.6) is 0 Å². The van der Waals surface area contributed by atoms with Gasteiger partial charge in [0.05, 0.1) is 0 Å². The van der Waals surface area contributed by atoms with Gasteiger partial charge in [0.1, 0.15) is 12.1 Å². The second-order valence-electron chi connectivity index (χ2n) is 6.19. The van der Waals surface area contributed by atoms with Crippen molar-refractivity contribution in [1.29, 1.82) is 0 Å².